The molecule has 8 heteroatoms. The van der Waals surface area contributed by atoms with Crippen LogP contribution in [-0.4, -0.2) is 26.6 Å². The van der Waals surface area contributed by atoms with E-state index in [9.17, 15) is 14.9 Å². The number of thioether (sulfide) groups is 1. The number of nitrogens with zero attached hydrogens (tertiary/aromatic N) is 3. The van der Waals surface area contributed by atoms with Gasteiger partial charge in [-0.15, -0.1) is 0 Å². The first-order valence-corrected chi connectivity index (χ1v) is 7.83. The molecule has 23 heavy (non-hydrogen) atoms. The maximum atomic E-state index is 12.0. The van der Waals surface area contributed by atoms with E-state index < -0.39 is 4.92 Å². The highest BCUT2D eigenvalue weighted by Crippen LogP contribution is 2.22. The molecule has 2 aromatic rings. The minimum atomic E-state index is -0.466. The number of aryl methyl sites for hydroxylation is 3. The van der Waals surface area contributed by atoms with E-state index in [1.165, 1.54) is 30.0 Å². The Balaban J connectivity index is 1.98. The van der Waals surface area contributed by atoms with Gasteiger partial charge in [0.05, 0.1) is 10.7 Å². The molecule has 0 fully saturated rings. The number of aromatic nitrogens is 2. The fourth-order valence-electron chi connectivity index (χ4n) is 1.98. The molecule has 0 saturated carbocycles. The Morgan fingerprint density at radius 3 is 2.43 bits per heavy atom. The van der Waals surface area contributed by atoms with Crippen LogP contribution < -0.4 is 5.32 Å². The summed E-state index contributed by atoms with van der Waals surface area (Å²) in [7, 11) is 0. The van der Waals surface area contributed by atoms with Gasteiger partial charge in [0.2, 0.25) is 5.91 Å². The molecule has 7 nitrogen and oxygen atoms in total. The van der Waals surface area contributed by atoms with E-state index in [2.05, 4.69) is 15.3 Å². The zero-order valence-electron chi connectivity index (χ0n) is 13.0. The SMILES string of the molecule is Cc1cc(C)nc(SCC(=O)Nc2ccc([N+](=O)[O-])cc2C)n1. The van der Waals surface area contributed by atoms with Crippen molar-refractivity contribution >= 4 is 29.0 Å². The molecule has 0 bridgehead atoms. The Labute approximate surface area is 137 Å². The molecule has 0 aliphatic carbocycles. The normalized spacial score (nSPS) is 10.4. The molecule has 0 radical (unpaired) electrons. The van der Waals surface area contributed by atoms with Crippen LogP contribution in [0.25, 0.3) is 0 Å². The van der Waals surface area contributed by atoms with Gasteiger partial charge < -0.3 is 5.32 Å². The number of nitro benzene ring substituents is 1. The maximum absolute atomic E-state index is 12.0. The quantitative estimate of drug-likeness (QED) is 0.391. The first kappa shape index (κ1) is 16.9. The van der Waals surface area contributed by atoms with Crippen LogP contribution in [0.3, 0.4) is 0 Å². The lowest BCUT2D eigenvalue weighted by Crippen LogP contribution is -2.15. The van der Waals surface area contributed by atoms with Gasteiger partial charge in [0, 0.05) is 29.2 Å². The largest absolute Gasteiger partial charge is 0.325 e. The van der Waals surface area contributed by atoms with Crippen molar-refractivity contribution in [1.29, 1.82) is 0 Å². The number of nitro groups is 1. The van der Waals surface area contributed by atoms with Crippen molar-refractivity contribution in [3.8, 4) is 0 Å². The van der Waals surface area contributed by atoms with Crippen molar-refractivity contribution in [2.45, 2.75) is 25.9 Å². The molecule has 0 unspecified atom stereocenters. The van der Waals surface area contributed by atoms with Crippen LogP contribution in [0.5, 0.6) is 0 Å². The van der Waals surface area contributed by atoms with E-state index in [1.807, 2.05) is 19.9 Å². The molecular formula is C15H16N4O3S. The van der Waals surface area contributed by atoms with Crippen LogP contribution in [-0.2, 0) is 4.79 Å². The predicted octanol–water partition coefficient (Wildman–Crippen LogP) is 3.04. The summed E-state index contributed by atoms with van der Waals surface area (Å²) in [6.07, 6.45) is 0. The maximum Gasteiger partial charge on any atom is 0.269 e. The number of anilines is 1. The van der Waals surface area contributed by atoms with Gasteiger partial charge in [0.1, 0.15) is 0 Å². The summed E-state index contributed by atoms with van der Waals surface area (Å²) in [4.78, 5) is 30.8. The number of rotatable bonds is 5. The third-order valence-electron chi connectivity index (χ3n) is 2.99. The van der Waals surface area contributed by atoms with Crippen molar-refractivity contribution in [3.63, 3.8) is 0 Å². The number of benzene rings is 1. The highest BCUT2D eigenvalue weighted by atomic mass is 32.2. The number of carbonyl (C=O) groups excluding carboxylic acids is 1. The summed E-state index contributed by atoms with van der Waals surface area (Å²) in [5.74, 6) is -0.0472. The molecule has 1 heterocycles. The summed E-state index contributed by atoms with van der Waals surface area (Å²) >= 11 is 1.25. The number of non-ortho nitro benzene ring substituents is 1. The van der Waals surface area contributed by atoms with Gasteiger partial charge in [0.25, 0.3) is 5.69 Å². The van der Waals surface area contributed by atoms with E-state index in [4.69, 9.17) is 0 Å². The average Bonchev–Trinajstić information content (AvgIpc) is 2.46. The molecule has 2 rings (SSSR count). The fourth-order valence-corrected chi connectivity index (χ4v) is 2.73. The molecule has 0 aliphatic rings. The molecule has 1 aromatic carbocycles. The van der Waals surface area contributed by atoms with E-state index in [0.29, 0.717) is 16.4 Å². The number of amides is 1. The Morgan fingerprint density at radius 1 is 1.22 bits per heavy atom. The Kier molecular flexibility index (Phi) is 5.28. The van der Waals surface area contributed by atoms with Crippen LogP contribution in [0, 0.1) is 30.9 Å². The zero-order chi connectivity index (χ0) is 17.0. The summed E-state index contributed by atoms with van der Waals surface area (Å²) in [6, 6.07) is 6.19. The Hall–Kier alpha value is -2.48. The number of nitrogens with one attached hydrogen (secondary N) is 1. The highest BCUT2D eigenvalue weighted by molar-refractivity contribution is 7.99. The standard InChI is InChI=1S/C15H16N4O3S/c1-9-6-12(19(21)22)4-5-13(9)18-14(20)8-23-15-16-10(2)7-11(3)17-15/h4-7H,8H2,1-3H3,(H,18,20). The van der Waals surface area contributed by atoms with Crippen LogP contribution in [0.4, 0.5) is 11.4 Å². The van der Waals surface area contributed by atoms with Gasteiger partial charge in [-0.05, 0) is 38.5 Å². The molecule has 1 aromatic heterocycles. The molecular weight excluding hydrogens is 316 g/mol. The molecule has 0 aliphatic heterocycles. The molecule has 1 amide bonds. The molecule has 120 valence electrons. The van der Waals surface area contributed by atoms with Gasteiger partial charge >= 0.3 is 0 Å². The van der Waals surface area contributed by atoms with Crippen LogP contribution >= 0.6 is 11.8 Å². The fraction of sp³-hybridized carbons (Fsp3) is 0.267. The Morgan fingerprint density at radius 2 is 1.87 bits per heavy atom. The lowest BCUT2D eigenvalue weighted by Gasteiger charge is -2.08. The summed E-state index contributed by atoms with van der Waals surface area (Å²) in [5, 5.41) is 14.0. The van der Waals surface area contributed by atoms with Gasteiger partial charge in [-0.25, -0.2) is 9.97 Å². The number of carbonyl (C=O) groups is 1. The van der Waals surface area contributed by atoms with Crippen molar-refractivity contribution in [2.75, 3.05) is 11.1 Å². The topological polar surface area (TPSA) is 98.0 Å². The third kappa shape index (κ3) is 4.75. The van der Waals surface area contributed by atoms with Gasteiger partial charge in [-0.1, -0.05) is 11.8 Å². The van der Waals surface area contributed by atoms with Crippen molar-refractivity contribution in [2.24, 2.45) is 0 Å². The molecule has 0 atom stereocenters. The summed E-state index contributed by atoms with van der Waals surface area (Å²) < 4.78 is 0. The third-order valence-corrected chi connectivity index (χ3v) is 3.84. The van der Waals surface area contributed by atoms with Crippen molar-refractivity contribution in [1.82, 2.24) is 9.97 Å². The molecule has 0 spiro atoms. The molecule has 1 N–H and O–H groups in total. The summed E-state index contributed by atoms with van der Waals surface area (Å²) in [6.45, 7) is 5.46. The Bertz CT molecular complexity index is 744. The van der Waals surface area contributed by atoms with Gasteiger partial charge in [0.15, 0.2) is 5.16 Å². The van der Waals surface area contributed by atoms with E-state index in [1.54, 1.807) is 6.92 Å². The lowest BCUT2D eigenvalue weighted by atomic mass is 10.2. The first-order valence-electron chi connectivity index (χ1n) is 6.85. The van der Waals surface area contributed by atoms with Crippen molar-refractivity contribution in [3.05, 3.63) is 51.3 Å². The molecule has 0 saturated heterocycles. The van der Waals surface area contributed by atoms with Crippen LogP contribution in [0.1, 0.15) is 17.0 Å². The first-order chi connectivity index (χ1) is 10.8. The monoisotopic (exact) mass is 332 g/mol. The number of hydrogen-bond acceptors (Lipinski definition) is 6. The number of hydrogen-bond donors (Lipinski definition) is 1. The zero-order valence-corrected chi connectivity index (χ0v) is 13.8. The average molecular weight is 332 g/mol. The minimum Gasteiger partial charge on any atom is -0.325 e. The second-order valence-corrected chi connectivity index (χ2v) is 5.97. The van der Waals surface area contributed by atoms with Crippen LogP contribution in [0.15, 0.2) is 29.4 Å². The second kappa shape index (κ2) is 7.19. The highest BCUT2D eigenvalue weighted by Gasteiger charge is 2.11. The van der Waals surface area contributed by atoms with E-state index >= 15 is 0 Å². The minimum absolute atomic E-state index is 0.00138. The lowest BCUT2D eigenvalue weighted by molar-refractivity contribution is -0.384. The van der Waals surface area contributed by atoms with Gasteiger partial charge in [-0.2, -0.15) is 0 Å². The van der Waals surface area contributed by atoms with E-state index in [0.717, 1.165) is 11.4 Å². The summed E-state index contributed by atoms with van der Waals surface area (Å²) in [5.41, 5.74) is 2.90. The van der Waals surface area contributed by atoms with Crippen LogP contribution in [0.2, 0.25) is 0 Å². The van der Waals surface area contributed by atoms with E-state index in [-0.39, 0.29) is 17.3 Å². The van der Waals surface area contributed by atoms with Crippen molar-refractivity contribution < 1.29 is 9.72 Å². The smallest absolute Gasteiger partial charge is 0.269 e. The predicted molar refractivity (Wildman–Crippen MR) is 88.7 cm³/mol. The second-order valence-electron chi connectivity index (χ2n) is 5.03. The van der Waals surface area contributed by atoms with Gasteiger partial charge in [-0.3, -0.25) is 14.9 Å².